The van der Waals surface area contributed by atoms with Gasteiger partial charge in [-0.15, -0.1) is 0 Å². The zero-order valence-corrected chi connectivity index (χ0v) is 27.7. The first-order valence-electron chi connectivity index (χ1n) is 17.3. The Morgan fingerprint density at radius 1 is 0.462 bits per heavy atom. The lowest BCUT2D eigenvalue weighted by atomic mass is 10.00. The molecule has 11 rings (SSSR count). The number of hydrogen-bond donors (Lipinski definition) is 0. The second-order valence-electron chi connectivity index (χ2n) is 13.1. The Labute approximate surface area is 297 Å². The van der Waals surface area contributed by atoms with Crippen LogP contribution < -0.4 is 0 Å². The number of rotatable bonds is 4. The van der Waals surface area contributed by atoms with Crippen LogP contribution in [-0.2, 0) is 0 Å². The zero-order chi connectivity index (χ0) is 34.2. The van der Waals surface area contributed by atoms with Gasteiger partial charge in [-0.1, -0.05) is 127 Å². The van der Waals surface area contributed by atoms with Gasteiger partial charge in [-0.2, -0.15) is 0 Å². The van der Waals surface area contributed by atoms with Gasteiger partial charge in [-0.3, -0.25) is 0 Å². The second-order valence-corrected chi connectivity index (χ2v) is 13.1. The molecule has 0 saturated heterocycles. The molecular weight excluding hydrogens is 639 g/mol. The molecule has 6 heteroatoms. The van der Waals surface area contributed by atoms with Crippen molar-refractivity contribution >= 4 is 65.4 Å². The van der Waals surface area contributed by atoms with Crippen molar-refractivity contribution in [2.75, 3.05) is 0 Å². The van der Waals surface area contributed by atoms with E-state index in [4.69, 9.17) is 24.4 Å². The summed E-state index contributed by atoms with van der Waals surface area (Å²) in [7, 11) is 0. The molecule has 0 aliphatic heterocycles. The lowest BCUT2D eigenvalue weighted by molar-refractivity contribution is 0.667. The molecule has 0 aliphatic rings. The van der Waals surface area contributed by atoms with Gasteiger partial charge in [0, 0.05) is 21.7 Å². The Kier molecular flexibility index (Phi) is 6.15. The average Bonchev–Trinajstić information content (AvgIpc) is 3.77. The van der Waals surface area contributed by atoms with Gasteiger partial charge < -0.3 is 8.98 Å². The van der Waals surface area contributed by atoms with E-state index in [9.17, 15) is 0 Å². The Morgan fingerprint density at radius 2 is 1.06 bits per heavy atom. The summed E-state index contributed by atoms with van der Waals surface area (Å²) >= 11 is 0. The van der Waals surface area contributed by atoms with Crippen LogP contribution in [0, 0.1) is 0 Å². The maximum atomic E-state index is 6.53. The summed E-state index contributed by atoms with van der Waals surface area (Å²) < 4.78 is 8.80. The fourth-order valence-corrected chi connectivity index (χ4v) is 7.72. The monoisotopic (exact) mass is 665 g/mol. The third kappa shape index (κ3) is 4.31. The molecule has 0 amide bonds. The fraction of sp³-hybridized carbons (Fsp3) is 0. The molecule has 0 aliphatic carbocycles. The van der Waals surface area contributed by atoms with Crippen LogP contribution in [0.15, 0.2) is 168 Å². The standard InChI is InChI=1S/C46H27N5O/c1-3-11-28(12-4-1)32-19-22-36-39(25-32)52-44-42(31-15-5-2-6-16-31)49-46(50-43(36)44)45-47-26-33(27-48-45)51-37-23-20-29-13-7-9-17-34(29)40(37)41-35-18-10-8-14-30(35)21-24-38(41)51/h1-27H. The van der Waals surface area contributed by atoms with Crippen LogP contribution in [-0.4, -0.2) is 24.5 Å². The first kappa shape index (κ1) is 28.6. The topological polar surface area (TPSA) is 69.6 Å². The van der Waals surface area contributed by atoms with Crippen molar-refractivity contribution in [3.8, 4) is 39.7 Å². The Hall–Kier alpha value is -7.18. The van der Waals surface area contributed by atoms with Gasteiger partial charge in [0.25, 0.3) is 0 Å². The molecule has 0 fully saturated rings. The average molecular weight is 666 g/mol. The predicted octanol–water partition coefficient (Wildman–Crippen LogP) is 11.6. The summed E-state index contributed by atoms with van der Waals surface area (Å²) in [6.45, 7) is 0. The van der Waals surface area contributed by atoms with Crippen LogP contribution in [0.25, 0.3) is 105 Å². The van der Waals surface area contributed by atoms with E-state index < -0.39 is 0 Å². The van der Waals surface area contributed by atoms with Crippen LogP contribution in [0.3, 0.4) is 0 Å². The summed E-state index contributed by atoms with van der Waals surface area (Å²) in [6, 6.07) is 52.6. The largest absolute Gasteiger partial charge is 0.452 e. The molecule has 0 atom stereocenters. The molecule has 0 bridgehead atoms. The molecule has 0 radical (unpaired) electrons. The molecule has 0 spiro atoms. The number of nitrogens with zero attached hydrogens (tertiary/aromatic N) is 5. The van der Waals surface area contributed by atoms with Crippen LogP contribution in [0.4, 0.5) is 0 Å². The summed E-state index contributed by atoms with van der Waals surface area (Å²) in [4.78, 5) is 19.9. The summed E-state index contributed by atoms with van der Waals surface area (Å²) in [5.41, 5.74) is 9.01. The van der Waals surface area contributed by atoms with Gasteiger partial charge in [0.2, 0.25) is 0 Å². The Balaban J connectivity index is 1.10. The third-order valence-corrected chi connectivity index (χ3v) is 10.1. The van der Waals surface area contributed by atoms with Crippen molar-refractivity contribution in [3.05, 3.63) is 164 Å². The highest BCUT2D eigenvalue weighted by Crippen LogP contribution is 2.41. The maximum absolute atomic E-state index is 6.53. The first-order valence-corrected chi connectivity index (χ1v) is 17.3. The number of fused-ring (bicyclic) bond motifs is 10. The van der Waals surface area contributed by atoms with E-state index in [1.807, 2.05) is 60.9 Å². The van der Waals surface area contributed by atoms with Crippen LogP contribution in [0.5, 0.6) is 0 Å². The molecule has 0 saturated carbocycles. The molecule has 4 heterocycles. The van der Waals surface area contributed by atoms with Gasteiger partial charge in [-0.25, -0.2) is 19.9 Å². The predicted molar refractivity (Wildman–Crippen MR) is 211 cm³/mol. The van der Waals surface area contributed by atoms with E-state index in [1.165, 1.54) is 32.3 Å². The second kappa shape index (κ2) is 11.2. The molecule has 6 nitrogen and oxygen atoms in total. The van der Waals surface area contributed by atoms with Gasteiger partial charge in [-0.05, 0) is 56.9 Å². The third-order valence-electron chi connectivity index (χ3n) is 10.1. The number of furan rings is 1. The van der Waals surface area contributed by atoms with Crippen molar-refractivity contribution in [1.82, 2.24) is 24.5 Å². The highest BCUT2D eigenvalue weighted by Gasteiger charge is 2.21. The first-order chi connectivity index (χ1) is 25.8. The van der Waals surface area contributed by atoms with Crippen LogP contribution in [0.1, 0.15) is 0 Å². The van der Waals surface area contributed by atoms with Crippen molar-refractivity contribution < 1.29 is 4.42 Å². The number of aromatic nitrogens is 5. The minimum Gasteiger partial charge on any atom is -0.452 e. The minimum absolute atomic E-state index is 0.437. The zero-order valence-electron chi connectivity index (χ0n) is 27.7. The molecule has 242 valence electrons. The molecule has 52 heavy (non-hydrogen) atoms. The van der Waals surface area contributed by atoms with Gasteiger partial charge >= 0.3 is 0 Å². The Morgan fingerprint density at radius 3 is 1.71 bits per heavy atom. The van der Waals surface area contributed by atoms with E-state index in [2.05, 4.69) is 108 Å². The van der Waals surface area contributed by atoms with E-state index in [0.29, 0.717) is 22.9 Å². The van der Waals surface area contributed by atoms with Crippen molar-refractivity contribution in [2.24, 2.45) is 0 Å². The summed E-state index contributed by atoms with van der Waals surface area (Å²) in [5, 5.41) is 8.20. The molecule has 0 unspecified atom stereocenters. The van der Waals surface area contributed by atoms with E-state index in [1.54, 1.807) is 0 Å². The molecule has 4 aromatic heterocycles. The molecule has 7 aromatic carbocycles. The molecule has 0 N–H and O–H groups in total. The highest BCUT2D eigenvalue weighted by molar-refractivity contribution is 6.28. The number of benzene rings is 7. The van der Waals surface area contributed by atoms with Crippen molar-refractivity contribution in [1.29, 1.82) is 0 Å². The van der Waals surface area contributed by atoms with Gasteiger partial charge in [0.05, 0.1) is 29.1 Å². The molecular formula is C46H27N5O. The van der Waals surface area contributed by atoms with Crippen LogP contribution >= 0.6 is 0 Å². The van der Waals surface area contributed by atoms with E-state index in [-0.39, 0.29) is 0 Å². The smallest absolute Gasteiger partial charge is 0.199 e. The normalized spacial score (nSPS) is 11.8. The molecule has 11 aromatic rings. The van der Waals surface area contributed by atoms with Crippen molar-refractivity contribution in [3.63, 3.8) is 0 Å². The Bertz CT molecular complexity index is 3070. The van der Waals surface area contributed by atoms with Crippen LogP contribution in [0.2, 0.25) is 0 Å². The van der Waals surface area contributed by atoms with Crippen molar-refractivity contribution in [2.45, 2.75) is 0 Å². The van der Waals surface area contributed by atoms with E-state index >= 15 is 0 Å². The lowest BCUT2D eigenvalue weighted by Gasteiger charge is -2.09. The summed E-state index contributed by atoms with van der Waals surface area (Å²) in [6.07, 6.45) is 3.75. The highest BCUT2D eigenvalue weighted by atomic mass is 16.3. The quantitative estimate of drug-likeness (QED) is 0.187. The fourth-order valence-electron chi connectivity index (χ4n) is 7.72. The van der Waals surface area contributed by atoms with Gasteiger partial charge in [0.1, 0.15) is 16.8 Å². The minimum atomic E-state index is 0.437. The SMILES string of the molecule is c1ccc(-c2ccc3c(c2)oc2c(-c4ccccc4)nc(-c4ncc(-n5c6ccc7ccccc7c6c6c7ccccc7ccc65)cn4)nc23)cc1. The van der Waals surface area contributed by atoms with E-state index in [0.717, 1.165) is 49.9 Å². The lowest BCUT2D eigenvalue weighted by Crippen LogP contribution is -2.01. The number of hydrogen-bond acceptors (Lipinski definition) is 5. The maximum Gasteiger partial charge on any atom is 0.199 e. The summed E-state index contributed by atoms with van der Waals surface area (Å²) in [5.74, 6) is 0.877. The van der Waals surface area contributed by atoms with Gasteiger partial charge in [0.15, 0.2) is 17.2 Å².